The molecule has 0 unspecified atom stereocenters. The first kappa shape index (κ1) is 13.4. The summed E-state index contributed by atoms with van der Waals surface area (Å²) in [6.07, 6.45) is 1.96. The molecule has 20 heavy (non-hydrogen) atoms. The van der Waals surface area contributed by atoms with Gasteiger partial charge in [0.1, 0.15) is 0 Å². The maximum Gasteiger partial charge on any atom is 0.315 e. The lowest BCUT2D eigenvalue weighted by Crippen LogP contribution is -2.44. The summed E-state index contributed by atoms with van der Waals surface area (Å²) in [7, 11) is 0. The molecule has 5 heteroatoms. The van der Waals surface area contributed by atoms with Gasteiger partial charge in [-0.25, -0.2) is 4.79 Å². The van der Waals surface area contributed by atoms with E-state index >= 15 is 0 Å². The number of urea groups is 1. The quantitative estimate of drug-likeness (QED) is 0.877. The van der Waals surface area contributed by atoms with E-state index in [1.165, 1.54) is 11.1 Å². The molecule has 0 aromatic heterocycles. The molecule has 1 aromatic rings. The molecule has 1 fully saturated rings. The van der Waals surface area contributed by atoms with E-state index in [4.69, 9.17) is 9.47 Å². The Morgan fingerprint density at radius 1 is 1.30 bits per heavy atom. The lowest BCUT2D eigenvalue weighted by Gasteiger charge is -2.23. The summed E-state index contributed by atoms with van der Waals surface area (Å²) in [6, 6.07) is 8.26. The first-order valence-electron chi connectivity index (χ1n) is 7.14. The molecule has 1 saturated heterocycles. The number of aryl methyl sites for hydroxylation is 1. The Bertz CT molecular complexity index is 472. The molecular formula is C15H20N2O3. The molecule has 0 saturated carbocycles. The van der Waals surface area contributed by atoms with Gasteiger partial charge in [-0.15, -0.1) is 0 Å². The van der Waals surface area contributed by atoms with Crippen LogP contribution in [-0.2, 0) is 15.9 Å². The number of ether oxygens (including phenoxy) is 2. The summed E-state index contributed by atoms with van der Waals surface area (Å²) in [5.41, 5.74) is 2.57. The smallest absolute Gasteiger partial charge is 0.315 e. The lowest BCUT2D eigenvalue weighted by molar-refractivity contribution is -0.0853. The van der Waals surface area contributed by atoms with Crippen LogP contribution < -0.4 is 10.6 Å². The monoisotopic (exact) mass is 276 g/mol. The summed E-state index contributed by atoms with van der Waals surface area (Å²) < 4.78 is 10.8. The average molecular weight is 276 g/mol. The zero-order valence-corrected chi connectivity index (χ0v) is 11.4. The number of amides is 2. The highest BCUT2D eigenvalue weighted by molar-refractivity contribution is 5.74. The largest absolute Gasteiger partial charge is 0.376 e. The van der Waals surface area contributed by atoms with E-state index in [0.29, 0.717) is 26.4 Å². The number of carbonyl (C=O) groups excluding carboxylic acids is 1. The van der Waals surface area contributed by atoms with Crippen LogP contribution in [0.15, 0.2) is 24.3 Å². The summed E-state index contributed by atoms with van der Waals surface area (Å²) >= 11 is 0. The highest BCUT2D eigenvalue weighted by Crippen LogP contribution is 2.30. The van der Waals surface area contributed by atoms with Crippen LogP contribution in [0, 0.1) is 0 Å². The molecule has 0 radical (unpaired) electrons. The molecule has 0 spiro atoms. The van der Waals surface area contributed by atoms with Gasteiger partial charge < -0.3 is 20.1 Å². The predicted octanol–water partition coefficient (Wildman–Crippen LogP) is 1.39. The molecule has 0 bridgehead atoms. The van der Waals surface area contributed by atoms with Crippen molar-refractivity contribution in [3.05, 3.63) is 35.4 Å². The first-order valence-corrected chi connectivity index (χ1v) is 7.14. The molecule has 2 aliphatic rings. The predicted molar refractivity (Wildman–Crippen MR) is 74.6 cm³/mol. The second kappa shape index (κ2) is 6.24. The van der Waals surface area contributed by atoms with Gasteiger partial charge in [-0.1, -0.05) is 24.3 Å². The van der Waals surface area contributed by atoms with Crippen molar-refractivity contribution in [1.29, 1.82) is 0 Å². The summed E-state index contributed by atoms with van der Waals surface area (Å²) in [5.74, 6) is 0. The Morgan fingerprint density at radius 2 is 2.20 bits per heavy atom. The summed E-state index contributed by atoms with van der Waals surface area (Å²) in [4.78, 5) is 11.9. The molecule has 1 aliphatic heterocycles. The third kappa shape index (κ3) is 3.11. The zero-order valence-electron chi connectivity index (χ0n) is 11.4. The van der Waals surface area contributed by atoms with Gasteiger partial charge in [0.05, 0.1) is 32.0 Å². The molecular weight excluding hydrogens is 256 g/mol. The van der Waals surface area contributed by atoms with Crippen LogP contribution in [0.3, 0.4) is 0 Å². The third-order valence-corrected chi connectivity index (χ3v) is 3.81. The van der Waals surface area contributed by atoms with Crippen LogP contribution in [0.5, 0.6) is 0 Å². The van der Waals surface area contributed by atoms with Crippen molar-refractivity contribution in [2.75, 3.05) is 26.4 Å². The Labute approximate surface area is 118 Å². The zero-order chi connectivity index (χ0) is 13.8. The van der Waals surface area contributed by atoms with Gasteiger partial charge in [-0.05, 0) is 24.0 Å². The standard InChI is InChI=1S/C15H20N2O3/c18-15(16-9-12-10-19-7-8-20-12)17-14-6-5-11-3-1-2-4-13(11)14/h1-4,12,14H,5-10H2,(H2,16,17,18)/t12-,14+/m0/s1. The minimum atomic E-state index is -0.138. The molecule has 5 nitrogen and oxygen atoms in total. The second-order valence-electron chi connectivity index (χ2n) is 5.21. The summed E-state index contributed by atoms with van der Waals surface area (Å²) in [5, 5.41) is 5.88. The van der Waals surface area contributed by atoms with Crippen LogP contribution in [0.2, 0.25) is 0 Å². The molecule has 2 amide bonds. The van der Waals surface area contributed by atoms with Gasteiger partial charge in [0.25, 0.3) is 0 Å². The van der Waals surface area contributed by atoms with Crippen LogP contribution in [0.4, 0.5) is 4.79 Å². The van der Waals surface area contributed by atoms with Crippen LogP contribution in [0.25, 0.3) is 0 Å². The van der Waals surface area contributed by atoms with Gasteiger partial charge in [0, 0.05) is 6.54 Å². The topological polar surface area (TPSA) is 59.6 Å². The number of carbonyl (C=O) groups is 1. The van der Waals surface area contributed by atoms with Gasteiger partial charge >= 0.3 is 6.03 Å². The van der Waals surface area contributed by atoms with E-state index in [2.05, 4.69) is 22.8 Å². The van der Waals surface area contributed by atoms with Gasteiger partial charge in [-0.3, -0.25) is 0 Å². The van der Waals surface area contributed by atoms with Crippen molar-refractivity contribution < 1.29 is 14.3 Å². The number of fused-ring (bicyclic) bond motifs is 1. The highest BCUT2D eigenvalue weighted by atomic mass is 16.6. The van der Waals surface area contributed by atoms with E-state index in [1.807, 2.05) is 12.1 Å². The van der Waals surface area contributed by atoms with E-state index in [0.717, 1.165) is 12.8 Å². The van der Waals surface area contributed by atoms with Crippen molar-refractivity contribution in [2.45, 2.75) is 25.0 Å². The van der Waals surface area contributed by atoms with Crippen LogP contribution >= 0.6 is 0 Å². The molecule has 2 atom stereocenters. The molecule has 1 aromatic carbocycles. The number of hydrogen-bond donors (Lipinski definition) is 2. The molecule has 1 aliphatic carbocycles. The van der Waals surface area contributed by atoms with Crippen molar-refractivity contribution in [1.82, 2.24) is 10.6 Å². The maximum absolute atomic E-state index is 11.9. The van der Waals surface area contributed by atoms with Crippen molar-refractivity contribution in [3.63, 3.8) is 0 Å². The van der Waals surface area contributed by atoms with Crippen LogP contribution in [0.1, 0.15) is 23.6 Å². The highest BCUT2D eigenvalue weighted by Gasteiger charge is 2.23. The van der Waals surface area contributed by atoms with E-state index < -0.39 is 0 Å². The Morgan fingerprint density at radius 3 is 3.05 bits per heavy atom. The maximum atomic E-state index is 11.9. The molecule has 3 rings (SSSR count). The SMILES string of the molecule is O=C(NC[C@H]1COCCO1)N[C@@H]1CCc2ccccc21. The fourth-order valence-corrected chi connectivity index (χ4v) is 2.78. The Kier molecular flexibility index (Phi) is 4.18. The molecule has 2 N–H and O–H groups in total. The fourth-order valence-electron chi connectivity index (χ4n) is 2.78. The minimum Gasteiger partial charge on any atom is -0.376 e. The van der Waals surface area contributed by atoms with E-state index in [9.17, 15) is 4.79 Å². The van der Waals surface area contributed by atoms with Gasteiger partial charge in [0.15, 0.2) is 0 Å². The van der Waals surface area contributed by atoms with Crippen LogP contribution in [-0.4, -0.2) is 38.5 Å². The fraction of sp³-hybridized carbons (Fsp3) is 0.533. The first-order chi connectivity index (χ1) is 9.83. The average Bonchev–Trinajstić information content (AvgIpc) is 2.90. The van der Waals surface area contributed by atoms with E-state index in [-0.39, 0.29) is 18.2 Å². The Balaban J connectivity index is 1.47. The van der Waals surface area contributed by atoms with Crippen molar-refractivity contribution in [3.8, 4) is 0 Å². The van der Waals surface area contributed by atoms with Crippen molar-refractivity contribution >= 4 is 6.03 Å². The number of rotatable bonds is 3. The summed E-state index contributed by atoms with van der Waals surface area (Å²) in [6.45, 7) is 2.28. The number of hydrogen-bond acceptors (Lipinski definition) is 3. The Hall–Kier alpha value is -1.59. The van der Waals surface area contributed by atoms with E-state index in [1.54, 1.807) is 0 Å². The minimum absolute atomic E-state index is 0.0367. The van der Waals surface area contributed by atoms with Crippen molar-refractivity contribution in [2.24, 2.45) is 0 Å². The third-order valence-electron chi connectivity index (χ3n) is 3.81. The number of benzene rings is 1. The number of nitrogens with one attached hydrogen (secondary N) is 2. The van der Waals surface area contributed by atoms with Gasteiger partial charge in [0.2, 0.25) is 0 Å². The lowest BCUT2D eigenvalue weighted by atomic mass is 10.1. The molecule has 108 valence electrons. The normalized spacial score (nSPS) is 25.0. The second-order valence-corrected chi connectivity index (χ2v) is 5.21. The van der Waals surface area contributed by atoms with Gasteiger partial charge in [-0.2, -0.15) is 0 Å². The molecule has 1 heterocycles.